The summed E-state index contributed by atoms with van der Waals surface area (Å²) in [6, 6.07) is 3.87. The molecule has 2 atom stereocenters. The summed E-state index contributed by atoms with van der Waals surface area (Å²) >= 11 is 7.77. The Bertz CT molecular complexity index is 2050. The maximum atomic E-state index is 16.9. The Hall–Kier alpha value is -4.28. The van der Waals surface area contributed by atoms with Crippen LogP contribution in [0.1, 0.15) is 25.7 Å². The van der Waals surface area contributed by atoms with Crippen molar-refractivity contribution in [2.75, 3.05) is 56.5 Å². The van der Waals surface area contributed by atoms with E-state index in [-0.39, 0.29) is 55.7 Å². The predicted molar refractivity (Wildman–Crippen MR) is 175 cm³/mol. The Labute approximate surface area is 281 Å². The molecule has 1 amide bonds. The molecule has 0 aliphatic carbocycles. The van der Waals surface area contributed by atoms with Crippen LogP contribution in [0.25, 0.3) is 32.2 Å². The van der Waals surface area contributed by atoms with Gasteiger partial charge in [0.1, 0.15) is 42.6 Å². The van der Waals surface area contributed by atoms with Gasteiger partial charge >= 0.3 is 12.0 Å². The first-order chi connectivity index (χ1) is 23.2. The first-order valence-electron chi connectivity index (χ1n) is 15.7. The lowest BCUT2D eigenvalue weighted by Gasteiger charge is -2.31. The summed E-state index contributed by atoms with van der Waals surface area (Å²) in [7, 11) is 0. The fourth-order valence-electron chi connectivity index (χ4n) is 7.33. The number of hydrogen-bond acceptors (Lipinski definition) is 11. The van der Waals surface area contributed by atoms with Crippen LogP contribution in [0, 0.1) is 11.6 Å². The first kappa shape index (κ1) is 31.0. The predicted octanol–water partition coefficient (Wildman–Crippen LogP) is 5.15. The highest BCUT2D eigenvalue weighted by Gasteiger charge is 2.49. The Morgan fingerprint density at radius 3 is 2.81 bits per heavy atom. The second-order valence-electron chi connectivity index (χ2n) is 12.4. The van der Waals surface area contributed by atoms with Gasteiger partial charge in [0.15, 0.2) is 10.9 Å². The number of halogens is 4. The Balaban J connectivity index is 1.21. The number of carbonyl (C=O) groups is 1. The molecule has 0 saturated carbocycles. The summed E-state index contributed by atoms with van der Waals surface area (Å²) < 4.78 is 53.6. The van der Waals surface area contributed by atoms with Crippen molar-refractivity contribution in [3.05, 3.63) is 47.5 Å². The summed E-state index contributed by atoms with van der Waals surface area (Å²) in [5.41, 5.74) is 5.83. The number of benzene rings is 2. The number of nitrogens with two attached hydrogens (primary N) is 1. The molecular weight excluding hydrogens is 669 g/mol. The van der Waals surface area contributed by atoms with Crippen molar-refractivity contribution in [1.82, 2.24) is 39.5 Å². The molecule has 3 aromatic heterocycles. The van der Waals surface area contributed by atoms with E-state index in [1.807, 2.05) is 4.90 Å². The Kier molecular flexibility index (Phi) is 7.75. The number of anilines is 2. The number of thiazole rings is 1. The molecule has 3 aliphatic rings. The lowest BCUT2D eigenvalue weighted by Crippen LogP contribution is -2.43. The third-order valence-electron chi connectivity index (χ3n) is 9.54. The molecule has 48 heavy (non-hydrogen) atoms. The molecule has 12 nitrogen and oxygen atoms in total. The van der Waals surface area contributed by atoms with Gasteiger partial charge in [0.05, 0.1) is 20.8 Å². The molecule has 0 radical (unpaired) electrons. The van der Waals surface area contributed by atoms with Gasteiger partial charge in [-0.25, -0.2) is 27.9 Å². The molecular formula is C31H30ClF3N10O2S. The zero-order chi connectivity index (χ0) is 33.2. The van der Waals surface area contributed by atoms with E-state index in [9.17, 15) is 13.6 Å². The topological polar surface area (TPSA) is 131 Å². The van der Waals surface area contributed by atoms with Crippen LogP contribution in [-0.2, 0) is 0 Å². The van der Waals surface area contributed by atoms with E-state index in [2.05, 4.69) is 25.0 Å². The average Bonchev–Trinajstić information content (AvgIpc) is 3.83. The maximum absolute atomic E-state index is 16.9. The van der Waals surface area contributed by atoms with Crippen LogP contribution in [-0.4, -0.2) is 103 Å². The van der Waals surface area contributed by atoms with Gasteiger partial charge in [-0.2, -0.15) is 19.7 Å². The number of amides is 1. The molecule has 5 aromatic rings. The summed E-state index contributed by atoms with van der Waals surface area (Å²) in [6.07, 6.45) is 4.35. The fourth-order valence-corrected chi connectivity index (χ4v) is 8.38. The molecule has 8 rings (SSSR count). The summed E-state index contributed by atoms with van der Waals surface area (Å²) in [6.45, 7) is 2.95. The molecule has 250 valence electrons. The van der Waals surface area contributed by atoms with Crippen molar-refractivity contribution >= 4 is 61.0 Å². The van der Waals surface area contributed by atoms with E-state index >= 15 is 4.39 Å². The third kappa shape index (κ3) is 5.26. The van der Waals surface area contributed by atoms with Crippen LogP contribution in [0.5, 0.6) is 6.01 Å². The monoisotopic (exact) mass is 698 g/mol. The van der Waals surface area contributed by atoms with Gasteiger partial charge in [-0.3, -0.25) is 4.90 Å². The number of carbonyl (C=O) groups excluding carboxylic acids is 1. The molecule has 0 spiro atoms. The number of nitrogens with zero attached hydrogens (tertiary/aromatic N) is 9. The van der Waals surface area contributed by atoms with Gasteiger partial charge in [-0.05, 0) is 44.0 Å². The molecule has 3 fully saturated rings. The van der Waals surface area contributed by atoms with Crippen molar-refractivity contribution in [2.24, 2.45) is 0 Å². The summed E-state index contributed by atoms with van der Waals surface area (Å²) in [5, 5.41) is 4.48. The van der Waals surface area contributed by atoms with Crippen LogP contribution in [0.4, 0.5) is 28.9 Å². The normalized spacial score (nSPS) is 21.7. The number of ether oxygens (including phenoxy) is 1. The van der Waals surface area contributed by atoms with Gasteiger partial charge < -0.3 is 20.3 Å². The van der Waals surface area contributed by atoms with Gasteiger partial charge in [0.25, 0.3) is 0 Å². The minimum Gasteiger partial charge on any atom is -0.461 e. The standard InChI is InChI=1S/C31H30ClF3N10O2S/c32-20-11-19-24(23(35)22(20)18-3-4-21(34)26-25(18)39-28(36)48-26)40-29(47-14-31-5-1-8-44(31)13-17(33)12-31)41-27(19)42-6-2-7-43(10-9-42)30(46)45-16-37-15-38-45/h3-4,11,15-17H,1-2,5-10,12-14H2,(H2,36,39)/t17-,31+/m1/s1. The number of aromatic nitrogens is 6. The Morgan fingerprint density at radius 1 is 1.10 bits per heavy atom. The van der Waals surface area contributed by atoms with Gasteiger partial charge in [-0.15, -0.1) is 0 Å². The van der Waals surface area contributed by atoms with E-state index in [1.165, 1.54) is 29.5 Å². The van der Waals surface area contributed by atoms with Crippen molar-refractivity contribution in [3.8, 4) is 17.1 Å². The van der Waals surface area contributed by atoms with Crippen molar-refractivity contribution in [3.63, 3.8) is 0 Å². The second kappa shape index (κ2) is 12.0. The van der Waals surface area contributed by atoms with E-state index in [0.29, 0.717) is 56.8 Å². The minimum atomic E-state index is -0.947. The van der Waals surface area contributed by atoms with Crippen LogP contribution < -0.4 is 15.4 Å². The molecule has 2 N–H and O–H groups in total. The second-order valence-corrected chi connectivity index (χ2v) is 13.9. The SMILES string of the molecule is Nc1nc2c(-c3c(Cl)cc4c(N5CCCN(C(=O)n6cncn6)CC5)nc(OC[C@@]56CCCN5C[C@H](F)C6)nc4c3F)ccc(F)c2s1. The third-order valence-corrected chi connectivity index (χ3v) is 10.7. The summed E-state index contributed by atoms with van der Waals surface area (Å²) in [4.78, 5) is 36.2. The number of rotatable bonds is 5. The number of hydrogen-bond donors (Lipinski definition) is 1. The van der Waals surface area contributed by atoms with Crippen molar-refractivity contribution in [1.29, 1.82) is 0 Å². The van der Waals surface area contributed by atoms with E-state index in [1.54, 1.807) is 11.0 Å². The fraction of sp³-hybridized carbons (Fsp3) is 0.419. The van der Waals surface area contributed by atoms with Crippen LogP contribution in [0.3, 0.4) is 0 Å². The van der Waals surface area contributed by atoms with Crippen LogP contribution in [0.2, 0.25) is 5.02 Å². The molecule has 6 heterocycles. The van der Waals surface area contributed by atoms with Crippen molar-refractivity contribution in [2.45, 2.75) is 37.4 Å². The molecule has 3 aliphatic heterocycles. The van der Waals surface area contributed by atoms with Crippen LogP contribution in [0.15, 0.2) is 30.9 Å². The van der Waals surface area contributed by atoms with E-state index in [0.717, 1.165) is 30.7 Å². The largest absolute Gasteiger partial charge is 0.461 e. The smallest absolute Gasteiger partial charge is 0.346 e. The molecule has 0 bridgehead atoms. The molecule has 2 aromatic carbocycles. The zero-order valence-corrected chi connectivity index (χ0v) is 27.2. The molecule has 3 saturated heterocycles. The highest BCUT2D eigenvalue weighted by Crippen LogP contribution is 2.44. The Morgan fingerprint density at radius 2 is 1.98 bits per heavy atom. The molecule has 0 unspecified atom stereocenters. The first-order valence-corrected chi connectivity index (χ1v) is 16.9. The highest BCUT2D eigenvalue weighted by molar-refractivity contribution is 7.22. The minimum absolute atomic E-state index is 0.00726. The van der Waals surface area contributed by atoms with E-state index < -0.39 is 23.3 Å². The van der Waals surface area contributed by atoms with Crippen molar-refractivity contribution < 1.29 is 22.7 Å². The zero-order valence-electron chi connectivity index (χ0n) is 25.6. The molecule has 17 heteroatoms. The van der Waals surface area contributed by atoms with Gasteiger partial charge in [0, 0.05) is 55.7 Å². The lowest BCUT2D eigenvalue weighted by atomic mass is 9.95. The van der Waals surface area contributed by atoms with Gasteiger partial charge in [-0.1, -0.05) is 22.9 Å². The maximum Gasteiger partial charge on any atom is 0.346 e. The number of fused-ring (bicyclic) bond motifs is 3. The van der Waals surface area contributed by atoms with E-state index in [4.69, 9.17) is 27.1 Å². The average molecular weight is 699 g/mol. The quantitative estimate of drug-likeness (QED) is 0.263. The number of alkyl halides is 1. The van der Waals surface area contributed by atoms with Crippen LogP contribution >= 0.6 is 22.9 Å². The summed E-state index contributed by atoms with van der Waals surface area (Å²) in [5.74, 6) is -0.899. The highest BCUT2D eigenvalue weighted by atomic mass is 35.5. The lowest BCUT2D eigenvalue weighted by molar-refractivity contribution is 0.107. The van der Waals surface area contributed by atoms with Gasteiger partial charge in [0.2, 0.25) is 0 Å². The number of nitrogen functional groups attached to an aromatic ring is 1.